The summed E-state index contributed by atoms with van der Waals surface area (Å²) in [7, 11) is 4.84. The van der Waals surface area contributed by atoms with E-state index in [1.807, 2.05) is 0 Å². The van der Waals surface area contributed by atoms with E-state index in [0.29, 0.717) is 19.6 Å². The number of methoxy groups -OCH3 is 1. The molecule has 0 aliphatic carbocycles. The highest BCUT2D eigenvalue weighted by atomic mass is 31.2. The molecule has 5 nitrogen and oxygen atoms in total. The summed E-state index contributed by atoms with van der Waals surface area (Å²) >= 11 is 0. The van der Waals surface area contributed by atoms with Gasteiger partial charge in [0.15, 0.2) is 7.37 Å². The third-order valence-electron chi connectivity index (χ3n) is 3.10. The van der Waals surface area contributed by atoms with Crippen LogP contribution in [-0.4, -0.2) is 65.3 Å². The smallest absolute Gasteiger partial charge is 0.197 e. The summed E-state index contributed by atoms with van der Waals surface area (Å²) in [6, 6.07) is -0.552. The van der Waals surface area contributed by atoms with E-state index in [1.54, 1.807) is 20.4 Å². The first-order chi connectivity index (χ1) is 7.88. The highest BCUT2D eigenvalue weighted by Crippen LogP contribution is 2.49. The van der Waals surface area contributed by atoms with E-state index in [9.17, 15) is 4.57 Å². The predicted octanol–water partition coefficient (Wildman–Crippen LogP) is 0.608. The van der Waals surface area contributed by atoms with Crippen LogP contribution < -0.4 is 0 Å². The summed E-state index contributed by atoms with van der Waals surface area (Å²) < 4.78 is 34.0. The molecule has 0 saturated carbocycles. The van der Waals surface area contributed by atoms with E-state index in [0.717, 1.165) is 0 Å². The van der Waals surface area contributed by atoms with Crippen molar-refractivity contribution in [3.8, 4) is 0 Å². The van der Waals surface area contributed by atoms with E-state index < -0.39 is 25.1 Å². The molecule has 2 aliphatic rings. The van der Waals surface area contributed by atoms with Gasteiger partial charge in [-0.05, 0) is 0 Å². The molecular weight excluding hydrogens is 242 g/mol. The molecule has 1 unspecified atom stereocenters. The van der Waals surface area contributed by atoms with Crippen molar-refractivity contribution in [3.63, 3.8) is 0 Å². The number of hydrogen-bond acceptors (Lipinski definition) is 5. The lowest BCUT2D eigenvalue weighted by Crippen LogP contribution is -2.52. The number of rotatable bonds is 4. The second-order valence-corrected chi connectivity index (χ2v) is 7.66. The molecular formula is C10H18BO5P. The van der Waals surface area contributed by atoms with Crippen LogP contribution in [0.25, 0.3) is 0 Å². The monoisotopic (exact) mass is 260 g/mol. The summed E-state index contributed by atoms with van der Waals surface area (Å²) in [5.74, 6) is 0. The largest absolute Gasteiger partial charge is 0.382 e. The molecule has 7 heteroatoms. The second-order valence-electron chi connectivity index (χ2n) is 4.94. The first kappa shape index (κ1) is 13.6. The van der Waals surface area contributed by atoms with Gasteiger partial charge >= 0.3 is 0 Å². The Balaban J connectivity index is 2.24. The van der Waals surface area contributed by atoms with Crippen LogP contribution in [0.15, 0.2) is 0 Å². The van der Waals surface area contributed by atoms with Crippen molar-refractivity contribution in [2.24, 2.45) is 0 Å². The Kier molecular flexibility index (Phi) is 3.73. The van der Waals surface area contributed by atoms with Crippen LogP contribution in [0.1, 0.15) is 6.42 Å². The van der Waals surface area contributed by atoms with E-state index in [4.69, 9.17) is 26.6 Å². The normalized spacial score (nSPS) is 41.7. The zero-order chi connectivity index (χ0) is 12.7. The van der Waals surface area contributed by atoms with Gasteiger partial charge in [0.2, 0.25) is 0 Å². The SMILES string of the molecule is [B][C@@H]1O[C@]2(COC)CCO[C@H]1C2OP(C)(C)=O. The Morgan fingerprint density at radius 2 is 2.24 bits per heavy atom. The van der Waals surface area contributed by atoms with E-state index in [-0.39, 0.29) is 6.10 Å². The average molecular weight is 260 g/mol. The standard InChI is InChI=1S/C10H18BO5P/c1-13-6-10-4-5-14-7(9(11)15-10)8(10)16-17(2,3)12/h7-9H,4-6H2,1-3H3/t7-,8?,9+,10-/m0/s1. The maximum absolute atomic E-state index is 11.8. The van der Waals surface area contributed by atoms with Gasteiger partial charge in [-0.15, -0.1) is 0 Å². The summed E-state index contributed by atoms with van der Waals surface area (Å²) in [6.07, 6.45) is -0.158. The fourth-order valence-corrected chi connectivity index (χ4v) is 3.35. The van der Waals surface area contributed by atoms with Crippen molar-refractivity contribution < 1.29 is 23.3 Å². The van der Waals surface area contributed by atoms with Crippen molar-refractivity contribution in [1.29, 1.82) is 0 Å². The molecule has 0 aromatic heterocycles. The molecule has 2 saturated heterocycles. The molecule has 17 heavy (non-hydrogen) atoms. The van der Waals surface area contributed by atoms with Gasteiger partial charge in [-0.1, -0.05) is 0 Å². The molecule has 0 aromatic rings. The molecule has 0 aromatic carbocycles. The van der Waals surface area contributed by atoms with Gasteiger partial charge in [0.05, 0.1) is 13.2 Å². The highest BCUT2D eigenvalue weighted by molar-refractivity contribution is 7.57. The summed E-state index contributed by atoms with van der Waals surface area (Å²) in [6.45, 7) is 4.07. The Hall–Kier alpha value is 0.135. The first-order valence-corrected chi connectivity index (χ1v) is 8.17. The topological polar surface area (TPSA) is 54.0 Å². The molecule has 0 N–H and O–H groups in total. The van der Waals surface area contributed by atoms with Crippen LogP contribution in [0.4, 0.5) is 0 Å². The minimum Gasteiger partial charge on any atom is -0.382 e. The summed E-state index contributed by atoms with van der Waals surface area (Å²) in [4.78, 5) is 0. The van der Waals surface area contributed by atoms with Crippen molar-refractivity contribution in [3.05, 3.63) is 0 Å². The molecule has 0 spiro atoms. The Morgan fingerprint density at radius 1 is 1.53 bits per heavy atom. The van der Waals surface area contributed by atoms with Crippen molar-refractivity contribution in [1.82, 2.24) is 0 Å². The Bertz CT molecular complexity index is 329. The Labute approximate surface area is 103 Å². The minimum absolute atomic E-state index is 0.366. The zero-order valence-electron chi connectivity index (χ0n) is 10.4. The molecule has 2 radical (unpaired) electrons. The highest BCUT2D eigenvalue weighted by Gasteiger charge is 2.58. The van der Waals surface area contributed by atoms with E-state index in [2.05, 4.69) is 0 Å². The molecule has 2 rings (SSSR count). The fraction of sp³-hybridized carbons (Fsp3) is 1.00. The van der Waals surface area contributed by atoms with Crippen LogP contribution in [0, 0.1) is 0 Å². The number of hydrogen-bond donors (Lipinski definition) is 0. The quantitative estimate of drug-likeness (QED) is 0.547. The molecule has 2 bridgehead atoms. The number of ether oxygens (including phenoxy) is 3. The van der Waals surface area contributed by atoms with Gasteiger partial charge in [-0.2, -0.15) is 0 Å². The second kappa shape index (κ2) is 4.67. The Morgan fingerprint density at radius 3 is 2.82 bits per heavy atom. The predicted molar refractivity (Wildman–Crippen MR) is 63.9 cm³/mol. The van der Waals surface area contributed by atoms with Crippen LogP contribution in [-0.2, 0) is 23.3 Å². The lowest BCUT2D eigenvalue weighted by atomic mass is 9.86. The molecule has 2 heterocycles. The maximum atomic E-state index is 11.8. The summed E-state index contributed by atoms with van der Waals surface area (Å²) in [5.41, 5.74) is -0.626. The summed E-state index contributed by atoms with van der Waals surface area (Å²) in [5, 5.41) is 0. The molecule has 2 fully saturated rings. The van der Waals surface area contributed by atoms with Crippen molar-refractivity contribution in [2.75, 3.05) is 33.7 Å². The van der Waals surface area contributed by atoms with Crippen molar-refractivity contribution >= 4 is 15.2 Å². The van der Waals surface area contributed by atoms with Gasteiger partial charge in [0.1, 0.15) is 25.7 Å². The van der Waals surface area contributed by atoms with Gasteiger partial charge in [-0.25, -0.2) is 0 Å². The van der Waals surface area contributed by atoms with Crippen molar-refractivity contribution in [2.45, 2.75) is 30.2 Å². The molecule has 4 atom stereocenters. The molecule has 0 amide bonds. The van der Waals surface area contributed by atoms with E-state index in [1.165, 1.54) is 0 Å². The van der Waals surface area contributed by atoms with Gasteiger partial charge in [0.25, 0.3) is 0 Å². The first-order valence-electron chi connectivity index (χ1n) is 5.65. The molecule has 2 aliphatic heterocycles. The van der Waals surface area contributed by atoms with Gasteiger partial charge in [0, 0.05) is 32.9 Å². The average Bonchev–Trinajstić information content (AvgIpc) is 2.35. The fourth-order valence-electron chi connectivity index (χ4n) is 2.49. The lowest BCUT2D eigenvalue weighted by molar-refractivity contribution is -0.133. The van der Waals surface area contributed by atoms with E-state index >= 15 is 0 Å². The maximum Gasteiger partial charge on any atom is 0.197 e. The van der Waals surface area contributed by atoms with Gasteiger partial charge in [-0.3, -0.25) is 4.57 Å². The third kappa shape index (κ3) is 2.61. The molecule has 96 valence electrons. The van der Waals surface area contributed by atoms with Crippen LogP contribution >= 0.6 is 7.37 Å². The zero-order valence-corrected chi connectivity index (χ0v) is 11.3. The van der Waals surface area contributed by atoms with Crippen LogP contribution in [0.2, 0.25) is 0 Å². The number of fused-ring (bicyclic) bond motifs is 2. The third-order valence-corrected chi connectivity index (χ3v) is 3.84. The van der Waals surface area contributed by atoms with Crippen LogP contribution in [0.3, 0.4) is 0 Å². The van der Waals surface area contributed by atoms with Crippen LogP contribution in [0.5, 0.6) is 0 Å². The van der Waals surface area contributed by atoms with Gasteiger partial charge < -0.3 is 18.7 Å². The lowest BCUT2D eigenvalue weighted by Gasteiger charge is -2.39. The minimum atomic E-state index is -2.63.